The van der Waals surface area contributed by atoms with E-state index in [2.05, 4.69) is 5.32 Å². The van der Waals surface area contributed by atoms with Crippen molar-refractivity contribution in [3.05, 3.63) is 0 Å². The molecule has 0 aliphatic carbocycles. The van der Waals surface area contributed by atoms with Gasteiger partial charge in [-0.2, -0.15) is 0 Å². The van der Waals surface area contributed by atoms with Crippen molar-refractivity contribution in [2.24, 2.45) is 0 Å². The van der Waals surface area contributed by atoms with Crippen molar-refractivity contribution in [3.63, 3.8) is 0 Å². The molecule has 1 fully saturated rings. The quantitative estimate of drug-likeness (QED) is 0.331. The SMILES string of the molecule is O=S([O-])C1CCCNC1.[Na+]. The van der Waals surface area contributed by atoms with Gasteiger partial charge in [0.25, 0.3) is 0 Å². The van der Waals surface area contributed by atoms with Gasteiger partial charge in [0, 0.05) is 11.8 Å². The van der Waals surface area contributed by atoms with E-state index in [1.165, 1.54) is 0 Å². The number of piperidine rings is 1. The Morgan fingerprint density at radius 2 is 2.30 bits per heavy atom. The molecule has 0 aromatic rings. The minimum atomic E-state index is -1.86. The van der Waals surface area contributed by atoms with Crippen LogP contribution in [0, 0.1) is 0 Å². The third-order valence-electron chi connectivity index (χ3n) is 1.52. The van der Waals surface area contributed by atoms with Crippen LogP contribution in [0.25, 0.3) is 0 Å². The number of hydrogen-bond acceptors (Lipinski definition) is 3. The zero-order chi connectivity index (χ0) is 6.69. The second-order valence-electron chi connectivity index (χ2n) is 2.23. The average molecular weight is 171 g/mol. The second-order valence-corrected chi connectivity index (χ2v) is 3.42. The van der Waals surface area contributed by atoms with E-state index in [4.69, 9.17) is 0 Å². The molecule has 1 rings (SSSR count). The number of nitrogens with one attached hydrogen (secondary N) is 1. The molecule has 54 valence electrons. The zero-order valence-electron chi connectivity index (χ0n) is 6.13. The van der Waals surface area contributed by atoms with Gasteiger partial charge in [0.05, 0.1) is 0 Å². The van der Waals surface area contributed by atoms with Crippen LogP contribution in [-0.4, -0.2) is 27.1 Å². The minimum absolute atomic E-state index is 0. The van der Waals surface area contributed by atoms with Crippen LogP contribution in [0.5, 0.6) is 0 Å². The van der Waals surface area contributed by atoms with Crippen LogP contribution in [0.3, 0.4) is 0 Å². The Bertz CT molecular complexity index is 116. The monoisotopic (exact) mass is 171 g/mol. The van der Waals surface area contributed by atoms with E-state index in [1.807, 2.05) is 0 Å². The van der Waals surface area contributed by atoms with E-state index in [-0.39, 0.29) is 34.8 Å². The summed E-state index contributed by atoms with van der Waals surface area (Å²) in [7, 11) is 0. The van der Waals surface area contributed by atoms with E-state index in [0.717, 1.165) is 19.4 Å². The van der Waals surface area contributed by atoms with Crippen molar-refractivity contribution in [2.45, 2.75) is 18.1 Å². The summed E-state index contributed by atoms with van der Waals surface area (Å²) in [6.45, 7) is 1.60. The molecule has 1 aliphatic heterocycles. The summed E-state index contributed by atoms with van der Waals surface area (Å²) in [6, 6.07) is 0. The fourth-order valence-electron chi connectivity index (χ4n) is 0.984. The molecule has 0 radical (unpaired) electrons. The van der Waals surface area contributed by atoms with Crippen LogP contribution in [0.4, 0.5) is 0 Å². The summed E-state index contributed by atoms with van der Waals surface area (Å²) in [5, 5.41) is 2.88. The third-order valence-corrected chi connectivity index (χ3v) is 2.47. The molecular weight excluding hydrogens is 161 g/mol. The number of hydrogen-bond donors (Lipinski definition) is 1. The van der Waals surface area contributed by atoms with Crippen LogP contribution in [0.2, 0.25) is 0 Å². The predicted octanol–water partition coefficient (Wildman–Crippen LogP) is -3.38. The van der Waals surface area contributed by atoms with Gasteiger partial charge < -0.3 is 9.87 Å². The van der Waals surface area contributed by atoms with Gasteiger partial charge in [-0.3, -0.25) is 4.21 Å². The number of rotatable bonds is 1. The van der Waals surface area contributed by atoms with Crippen molar-refractivity contribution in [3.8, 4) is 0 Å². The van der Waals surface area contributed by atoms with Gasteiger partial charge >= 0.3 is 29.6 Å². The van der Waals surface area contributed by atoms with Crippen LogP contribution >= 0.6 is 0 Å². The summed E-state index contributed by atoms with van der Waals surface area (Å²) in [4.78, 5) is 0. The molecule has 3 nitrogen and oxygen atoms in total. The van der Waals surface area contributed by atoms with Gasteiger partial charge in [-0.25, -0.2) is 0 Å². The van der Waals surface area contributed by atoms with Crippen molar-refractivity contribution in [1.29, 1.82) is 0 Å². The molecule has 1 N–H and O–H groups in total. The van der Waals surface area contributed by atoms with Gasteiger partial charge in [0.15, 0.2) is 0 Å². The van der Waals surface area contributed by atoms with E-state index in [1.54, 1.807) is 0 Å². The molecule has 2 unspecified atom stereocenters. The molecule has 0 amide bonds. The zero-order valence-corrected chi connectivity index (χ0v) is 8.95. The average Bonchev–Trinajstić information content (AvgIpc) is 1.90. The third kappa shape index (κ3) is 3.46. The molecule has 0 saturated carbocycles. The maximum absolute atomic E-state index is 10.3. The van der Waals surface area contributed by atoms with Crippen LogP contribution in [0.1, 0.15) is 12.8 Å². The summed E-state index contributed by atoms with van der Waals surface area (Å²) in [5.74, 6) is 0. The second kappa shape index (κ2) is 5.69. The Labute approximate surface area is 85.5 Å². The molecule has 1 aliphatic rings. The molecule has 10 heavy (non-hydrogen) atoms. The fourth-order valence-corrected chi connectivity index (χ4v) is 1.60. The first-order valence-corrected chi connectivity index (χ1v) is 4.23. The Morgan fingerprint density at radius 3 is 2.60 bits per heavy atom. The van der Waals surface area contributed by atoms with Gasteiger partial charge in [-0.15, -0.1) is 0 Å². The van der Waals surface area contributed by atoms with Gasteiger partial charge in [0.1, 0.15) is 0 Å². The summed E-state index contributed by atoms with van der Waals surface area (Å²) >= 11 is -1.86. The van der Waals surface area contributed by atoms with Gasteiger partial charge in [-0.1, -0.05) is 11.1 Å². The first-order chi connectivity index (χ1) is 4.30. The maximum Gasteiger partial charge on any atom is 1.00 e. The fraction of sp³-hybridized carbons (Fsp3) is 1.00. The molecule has 1 saturated heterocycles. The predicted molar refractivity (Wildman–Crippen MR) is 34.8 cm³/mol. The van der Waals surface area contributed by atoms with E-state index in [9.17, 15) is 8.76 Å². The summed E-state index contributed by atoms with van der Waals surface area (Å²) in [6.07, 6.45) is 1.81. The Kier molecular flexibility index (Phi) is 6.29. The van der Waals surface area contributed by atoms with E-state index < -0.39 is 11.1 Å². The van der Waals surface area contributed by atoms with Crippen molar-refractivity contribution in [2.75, 3.05) is 13.1 Å². The van der Waals surface area contributed by atoms with Gasteiger partial charge in [0.2, 0.25) is 0 Å². The van der Waals surface area contributed by atoms with Crippen molar-refractivity contribution in [1.82, 2.24) is 5.32 Å². The Hall–Kier alpha value is 1.07. The minimum Gasteiger partial charge on any atom is -0.772 e. The Balaban J connectivity index is 0.000000810. The molecule has 2 atom stereocenters. The van der Waals surface area contributed by atoms with Crippen molar-refractivity contribution < 1.29 is 38.3 Å². The molecule has 0 bridgehead atoms. The smallest absolute Gasteiger partial charge is 0.772 e. The summed E-state index contributed by atoms with van der Waals surface area (Å²) < 4.78 is 20.6. The first-order valence-electron chi connectivity index (χ1n) is 3.09. The van der Waals surface area contributed by atoms with E-state index >= 15 is 0 Å². The topological polar surface area (TPSA) is 52.2 Å². The molecule has 0 spiro atoms. The van der Waals surface area contributed by atoms with Crippen LogP contribution in [-0.2, 0) is 11.1 Å². The van der Waals surface area contributed by atoms with Crippen LogP contribution < -0.4 is 34.9 Å². The molecule has 0 aromatic carbocycles. The maximum atomic E-state index is 10.3. The molecule has 1 heterocycles. The van der Waals surface area contributed by atoms with E-state index in [0.29, 0.717) is 6.54 Å². The largest absolute Gasteiger partial charge is 1.00 e. The Morgan fingerprint density at radius 1 is 1.60 bits per heavy atom. The summed E-state index contributed by atoms with van der Waals surface area (Å²) in [5.41, 5.74) is 0. The van der Waals surface area contributed by atoms with Crippen LogP contribution in [0.15, 0.2) is 0 Å². The first kappa shape index (κ1) is 11.1. The molecular formula is C5H10NNaO2S. The normalized spacial score (nSPS) is 28.7. The molecule has 5 heteroatoms. The molecule has 0 aromatic heterocycles. The van der Waals surface area contributed by atoms with Crippen molar-refractivity contribution >= 4 is 11.1 Å². The standard InChI is InChI=1S/C5H11NO2S.Na/c7-9(8)5-2-1-3-6-4-5;/h5-6H,1-4H2,(H,7,8);/q;+1/p-1. The van der Waals surface area contributed by atoms with Gasteiger partial charge in [-0.05, 0) is 19.4 Å².